The fourth-order valence-corrected chi connectivity index (χ4v) is 6.22. The van der Waals surface area contributed by atoms with E-state index in [2.05, 4.69) is 9.62 Å². The maximum absolute atomic E-state index is 13.0. The number of nitrogens with one attached hydrogen (secondary N) is 1. The molecule has 1 fully saturated rings. The highest BCUT2D eigenvalue weighted by molar-refractivity contribution is 7.92. The molecule has 1 N–H and O–H groups in total. The SMILES string of the molecule is O=c1sc2cc(S(=O)(=O)Nc3ccc(N4CCOCC4)cc3)ccc2n1Cc1ccccc1Cl. The summed E-state index contributed by atoms with van der Waals surface area (Å²) in [4.78, 5) is 14.8. The predicted octanol–water partition coefficient (Wildman–Crippen LogP) is 4.40. The molecule has 1 saturated heterocycles. The third kappa shape index (κ3) is 4.69. The molecular weight excluding hydrogens is 494 g/mol. The molecule has 0 bridgehead atoms. The summed E-state index contributed by atoms with van der Waals surface area (Å²) >= 11 is 7.27. The molecule has 1 aromatic heterocycles. The number of sulfonamides is 1. The highest BCUT2D eigenvalue weighted by atomic mass is 35.5. The van der Waals surface area contributed by atoms with E-state index in [0.717, 1.165) is 35.7 Å². The summed E-state index contributed by atoms with van der Waals surface area (Å²) in [5.41, 5.74) is 2.99. The third-order valence-electron chi connectivity index (χ3n) is 5.73. The summed E-state index contributed by atoms with van der Waals surface area (Å²) in [7, 11) is -3.82. The van der Waals surface area contributed by atoms with Crippen molar-refractivity contribution in [2.24, 2.45) is 0 Å². The van der Waals surface area contributed by atoms with Crippen molar-refractivity contribution in [1.29, 1.82) is 0 Å². The minimum atomic E-state index is -3.82. The summed E-state index contributed by atoms with van der Waals surface area (Å²) in [6.45, 7) is 3.30. The first-order valence-electron chi connectivity index (χ1n) is 10.7. The van der Waals surface area contributed by atoms with Crippen molar-refractivity contribution in [2.45, 2.75) is 11.4 Å². The lowest BCUT2D eigenvalue weighted by atomic mass is 10.2. The van der Waals surface area contributed by atoms with Crippen molar-refractivity contribution in [3.8, 4) is 0 Å². The molecule has 3 aromatic carbocycles. The van der Waals surface area contributed by atoms with Crippen molar-refractivity contribution >= 4 is 54.6 Å². The lowest BCUT2D eigenvalue weighted by molar-refractivity contribution is 0.122. The first-order valence-corrected chi connectivity index (χ1v) is 13.4. The Morgan fingerprint density at radius 1 is 1.00 bits per heavy atom. The maximum Gasteiger partial charge on any atom is 0.308 e. The van der Waals surface area contributed by atoms with Crippen molar-refractivity contribution in [3.63, 3.8) is 0 Å². The smallest absolute Gasteiger partial charge is 0.308 e. The second-order valence-electron chi connectivity index (χ2n) is 7.93. The van der Waals surface area contributed by atoms with Crippen LogP contribution in [0.5, 0.6) is 0 Å². The zero-order valence-corrected chi connectivity index (χ0v) is 20.5. The van der Waals surface area contributed by atoms with Gasteiger partial charge in [0.1, 0.15) is 0 Å². The average molecular weight is 516 g/mol. The van der Waals surface area contributed by atoms with E-state index in [1.54, 1.807) is 28.8 Å². The second kappa shape index (κ2) is 9.42. The van der Waals surface area contributed by atoms with Gasteiger partial charge in [-0.1, -0.05) is 41.1 Å². The molecule has 1 aliphatic rings. The van der Waals surface area contributed by atoms with E-state index in [-0.39, 0.29) is 9.77 Å². The van der Waals surface area contributed by atoms with Crippen LogP contribution in [0.4, 0.5) is 11.4 Å². The van der Waals surface area contributed by atoms with Gasteiger partial charge in [0.15, 0.2) is 0 Å². The molecule has 176 valence electrons. The van der Waals surface area contributed by atoms with Gasteiger partial charge in [0, 0.05) is 29.5 Å². The van der Waals surface area contributed by atoms with Crippen LogP contribution in [-0.2, 0) is 21.3 Å². The zero-order valence-electron chi connectivity index (χ0n) is 18.1. The fraction of sp³-hybridized carbons (Fsp3) is 0.208. The van der Waals surface area contributed by atoms with Gasteiger partial charge in [-0.3, -0.25) is 14.1 Å². The van der Waals surface area contributed by atoms with E-state index in [9.17, 15) is 13.2 Å². The van der Waals surface area contributed by atoms with Gasteiger partial charge in [-0.25, -0.2) is 8.42 Å². The summed E-state index contributed by atoms with van der Waals surface area (Å²) < 4.78 is 36.3. The Kier molecular flexibility index (Phi) is 6.35. The third-order valence-corrected chi connectivity index (χ3v) is 8.42. The number of fused-ring (bicyclic) bond motifs is 1. The standard InChI is InChI=1S/C24H22ClN3O4S2/c25-21-4-2-1-3-17(21)16-28-22-10-9-20(15-23(22)33-24(28)29)34(30,31)26-18-5-7-19(8-6-18)27-11-13-32-14-12-27/h1-10,15,26H,11-14,16H2. The number of morpholine rings is 1. The van der Waals surface area contributed by atoms with Gasteiger partial charge in [0.05, 0.1) is 34.9 Å². The van der Waals surface area contributed by atoms with Crippen LogP contribution >= 0.6 is 22.9 Å². The molecule has 0 radical (unpaired) electrons. The van der Waals surface area contributed by atoms with Crippen LogP contribution in [0.1, 0.15) is 5.56 Å². The molecule has 4 aromatic rings. The first-order chi connectivity index (χ1) is 16.4. The Morgan fingerprint density at radius 2 is 1.74 bits per heavy atom. The number of rotatable bonds is 6. The van der Waals surface area contributed by atoms with Crippen molar-refractivity contribution < 1.29 is 13.2 Å². The number of ether oxygens (including phenoxy) is 1. The molecule has 0 spiro atoms. The van der Waals surface area contributed by atoms with Gasteiger partial charge in [-0.15, -0.1) is 0 Å². The molecule has 0 unspecified atom stereocenters. The van der Waals surface area contributed by atoms with E-state index in [1.165, 1.54) is 12.1 Å². The molecule has 5 rings (SSSR count). The quantitative estimate of drug-likeness (QED) is 0.411. The van der Waals surface area contributed by atoms with Gasteiger partial charge in [-0.2, -0.15) is 0 Å². The molecule has 34 heavy (non-hydrogen) atoms. The van der Waals surface area contributed by atoms with E-state index >= 15 is 0 Å². The van der Waals surface area contributed by atoms with Crippen LogP contribution in [0.25, 0.3) is 10.2 Å². The molecule has 0 amide bonds. The van der Waals surface area contributed by atoms with Gasteiger partial charge >= 0.3 is 4.87 Å². The summed E-state index contributed by atoms with van der Waals surface area (Å²) in [6.07, 6.45) is 0. The number of hydrogen-bond acceptors (Lipinski definition) is 6. The lowest BCUT2D eigenvalue weighted by Crippen LogP contribution is -2.36. The summed E-state index contributed by atoms with van der Waals surface area (Å²) in [5, 5.41) is 0.580. The zero-order chi connectivity index (χ0) is 23.7. The lowest BCUT2D eigenvalue weighted by Gasteiger charge is -2.28. The number of hydrogen-bond donors (Lipinski definition) is 1. The molecular formula is C24H22ClN3O4S2. The molecule has 7 nitrogen and oxygen atoms in total. The second-order valence-corrected chi connectivity index (χ2v) is 11.0. The number of anilines is 2. The van der Waals surface area contributed by atoms with E-state index in [0.29, 0.717) is 40.7 Å². The molecule has 0 aliphatic carbocycles. The Bertz CT molecular complexity index is 1490. The van der Waals surface area contributed by atoms with Crippen LogP contribution in [0.15, 0.2) is 76.4 Å². The summed E-state index contributed by atoms with van der Waals surface area (Å²) in [5.74, 6) is 0. The normalized spacial score (nSPS) is 14.4. The van der Waals surface area contributed by atoms with E-state index in [1.807, 2.05) is 30.3 Å². The van der Waals surface area contributed by atoms with E-state index < -0.39 is 10.0 Å². The number of halogens is 1. The Morgan fingerprint density at radius 3 is 2.47 bits per heavy atom. The van der Waals surface area contributed by atoms with Gasteiger partial charge in [0.25, 0.3) is 10.0 Å². The Hall–Kier alpha value is -2.85. The van der Waals surface area contributed by atoms with Crippen LogP contribution in [0.2, 0.25) is 5.02 Å². The van der Waals surface area contributed by atoms with Crippen LogP contribution in [-0.4, -0.2) is 39.3 Å². The average Bonchev–Trinajstić information content (AvgIpc) is 3.15. The fourth-order valence-electron chi connectivity index (χ4n) is 3.94. The highest BCUT2D eigenvalue weighted by Gasteiger charge is 2.18. The number of benzene rings is 3. The van der Waals surface area contributed by atoms with E-state index in [4.69, 9.17) is 16.3 Å². The molecule has 2 heterocycles. The topological polar surface area (TPSA) is 80.6 Å². The number of thiazole rings is 1. The molecule has 1 aliphatic heterocycles. The Balaban J connectivity index is 1.38. The minimum absolute atomic E-state index is 0.100. The minimum Gasteiger partial charge on any atom is -0.378 e. The highest BCUT2D eigenvalue weighted by Crippen LogP contribution is 2.26. The van der Waals surface area contributed by atoms with Crippen LogP contribution < -0.4 is 14.5 Å². The largest absolute Gasteiger partial charge is 0.378 e. The number of aromatic nitrogens is 1. The van der Waals surface area contributed by atoms with Gasteiger partial charge in [0.2, 0.25) is 0 Å². The number of nitrogens with zero attached hydrogens (tertiary/aromatic N) is 2. The molecule has 0 saturated carbocycles. The van der Waals surface area contributed by atoms with Crippen molar-refractivity contribution in [2.75, 3.05) is 35.9 Å². The van der Waals surface area contributed by atoms with Crippen molar-refractivity contribution in [1.82, 2.24) is 4.57 Å². The summed E-state index contributed by atoms with van der Waals surface area (Å²) in [6, 6.07) is 19.4. The maximum atomic E-state index is 13.0. The van der Waals surface area contributed by atoms with Crippen LogP contribution in [0, 0.1) is 0 Å². The Labute approximate surface area is 206 Å². The van der Waals surface area contributed by atoms with Crippen LogP contribution in [0.3, 0.4) is 0 Å². The van der Waals surface area contributed by atoms with Gasteiger partial charge in [-0.05, 0) is 54.1 Å². The van der Waals surface area contributed by atoms with Crippen molar-refractivity contribution in [3.05, 3.63) is 87.0 Å². The first kappa shape index (κ1) is 22.9. The predicted molar refractivity (Wildman–Crippen MR) is 137 cm³/mol. The molecule has 10 heteroatoms. The monoisotopic (exact) mass is 515 g/mol. The van der Waals surface area contributed by atoms with Gasteiger partial charge < -0.3 is 9.64 Å². The molecule has 0 atom stereocenters.